The summed E-state index contributed by atoms with van der Waals surface area (Å²) in [7, 11) is 0. The monoisotopic (exact) mass is 292 g/mol. The molecule has 0 aliphatic heterocycles. The van der Waals surface area contributed by atoms with Crippen molar-refractivity contribution in [2.24, 2.45) is 0 Å². The van der Waals surface area contributed by atoms with E-state index in [9.17, 15) is 20.0 Å². The number of hydrogen-bond acceptors (Lipinski definition) is 5. The lowest BCUT2D eigenvalue weighted by Gasteiger charge is -2.14. The molecule has 0 saturated carbocycles. The predicted octanol–water partition coefficient (Wildman–Crippen LogP) is 3.20. The second kappa shape index (κ2) is 5.70. The van der Waals surface area contributed by atoms with Crippen molar-refractivity contribution in [2.75, 3.05) is 5.32 Å². The van der Waals surface area contributed by atoms with Crippen LogP contribution >= 0.6 is 11.3 Å². The first-order chi connectivity index (χ1) is 9.47. The van der Waals surface area contributed by atoms with Crippen molar-refractivity contribution in [1.29, 1.82) is 0 Å². The molecule has 0 amide bonds. The van der Waals surface area contributed by atoms with Gasteiger partial charge in [0.25, 0.3) is 5.69 Å². The Morgan fingerprint density at radius 2 is 2.20 bits per heavy atom. The summed E-state index contributed by atoms with van der Waals surface area (Å²) in [6.07, 6.45) is 0. The fourth-order valence-electron chi connectivity index (χ4n) is 1.83. The molecule has 2 aromatic rings. The van der Waals surface area contributed by atoms with E-state index < -0.39 is 16.9 Å². The molecule has 2 N–H and O–H groups in total. The molecule has 0 fully saturated rings. The summed E-state index contributed by atoms with van der Waals surface area (Å²) >= 11 is 1.32. The van der Waals surface area contributed by atoms with Gasteiger partial charge in [0.2, 0.25) is 0 Å². The van der Waals surface area contributed by atoms with Gasteiger partial charge in [0.05, 0.1) is 4.92 Å². The van der Waals surface area contributed by atoms with Crippen LogP contribution in [-0.4, -0.2) is 16.0 Å². The summed E-state index contributed by atoms with van der Waals surface area (Å²) in [4.78, 5) is 22.3. The second-order valence-electron chi connectivity index (χ2n) is 4.25. The summed E-state index contributed by atoms with van der Waals surface area (Å²) in [5.41, 5.74) is 1.04. The number of nitro groups is 1. The maximum absolute atomic E-state index is 11.3. The van der Waals surface area contributed by atoms with E-state index in [0.29, 0.717) is 16.1 Å². The normalized spacial score (nSPS) is 11.8. The van der Waals surface area contributed by atoms with E-state index in [4.69, 9.17) is 0 Å². The Labute approximate surface area is 118 Å². The van der Waals surface area contributed by atoms with Crippen LogP contribution in [0, 0.1) is 17.0 Å². The van der Waals surface area contributed by atoms with Crippen molar-refractivity contribution in [3.63, 3.8) is 0 Å². The largest absolute Gasteiger partial charge is 0.479 e. The van der Waals surface area contributed by atoms with Crippen LogP contribution in [0.5, 0.6) is 0 Å². The Bertz CT molecular complexity index is 640. The lowest BCUT2D eigenvalue weighted by molar-refractivity contribution is -0.384. The number of rotatable bonds is 5. The summed E-state index contributed by atoms with van der Waals surface area (Å²) < 4.78 is 0. The van der Waals surface area contributed by atoms with Crippen molar-refractivity contribution in [2.45, 2.75) is 13.0 Å². The lowest BCUT2D eigenvalue weighted by Crippen LogP contribution is -2.19. The Morgan fingerprint density at radius 1 is 1.45 bits per heavy atom. The number of aryl methyl sites for hydroxylation is 1. The van der Waals surface area contributed by atoms with Crippen molar-refractivity contribution < 1.29 is 14.8 Å². The molecule has 0 aliphatic carbocycles. The molecule has 1 atom stereocenters. The molecular formula is C13H12N2O4S. The van der Waals surface area contributed by atoms with Crippen LogP contribution in [0.25, 0.3) is 0 Å². The molecule has 1 aromatic carbocycles. The van der Waals surface area contributed by atoms with E-state index in [2.05, 4.69) is 5.32 Å². The zero-order valence-electron chi connectivity index (χ0n) is 10.6. The number of aliphatic carboxylic acids is 1. The van der Waals surface area contributed by atoms with Crippen LogP contribution in [-0.2, 0) is 4.79 Å². The van der Waals surface area contributed by atoms with Crippen LogP contribution in [0.3, 0.4) is 0 Å². The minimum atomic E-state index is -1.03. The van der Waals surface area contributed by atoms with Gasteiger partial charge >= 0.3 is 5.97 Å². The molecule has 2 rings (SSSR count). The van der Waals surface area contributed by atoms with Gasteiger partial charge in [-0.05, 0) is 30.0 Å². The van der Waals surface area contributed by atoms with Gasteiger partial charge in [-0.2, -0.15) is 0 Å². The molecular weight excluding hydrogens is 280 g/mol. The summed E-state index contributed by atoms with van der Waals surface area (Å²) in [5.74, 6) is -1.03. The number of benzene rings is 1. The van der Waals surface area contributed by atoms with Gasteiger partial charge in [-0.3, -0.25) is 10.1 Å². The second-order valence-corrected chi connectivity index (χ2v) is 5.22. The first kappa shape index (κ1) is 14.0. The lowest BCUT2D eigenvalue weighted by atomic mass is 10.1. The van der Waals surface area contributed by atoms with Crippen molar-refractivity contribution >= 4 is 28.7 Å². The van der Waals surface area contributed by atoms with E-state index >= 15 is 0 Å². The first-order valence-electron chi connectivity index (χ1n) is 5.76. The smallest absolute Gasteiger partial charge is 0.331 e. The molecule has 1 aromatic heterocycles. The third-order valence-electron chi connectivity index (χ3n) is 2.66. The fourth-order valence-corrected chi connectivity index (χ4v) is 2.60. The third kappa shape index (κ3) is 3.12. The molecule has 0 spiro atoms. The molecule has 20 heavy (non-hydrogen) atoms. The number of thiophene rings is 1. The van der Waals surface area contributed by atoms with E-state index in [1.165, 1.54) is 23.5 Å². The average molecular weight is 292 g/mol. The standard InChI is InChI=1S/C13H12N2O4S/c1-8-5-9(7-10(6-8)15(18)19)14-12(13(16)17)11-3-2-4-20-11/h2-7,12,14H,1H3,(H,16,17). The number of carboxylic acids is 1. The van der Waals surface area contributed by atoms with Gasteiger partial charge in [0.15, 0.2) is 6.04 Å². The van der Waals surface area contributed by atoms with Gasteiger partial charge in [-0.1, -0.05) is 6.07 Å². The van der Waals surface area contributed by atoms with Crippen LogP contribution in [0.2, 0.25) is 0 Å². The van der Waals surface area contributed by atoms with E-state index in [-0.39, 0.29) is 5.69 Å². The molecule has 0 bridgehead atoms. The predicted molar refractivity (Wildman–Crippen MR) is 76.2 cm³/mol. The Kier molecular flexibility index (Phi) is 3.99. The number of carboxylic acid groups (broad SMARTS) is 1. The number of anilines is 1. The molecule has 1 heterocycles. The van der Waals surface area contributed by atoms with Gasteiger partial charge < -0.3 is 10.4 Å². The van der Waals surface area contributed by atoms with Gasteiger partial charge in [-0.25, -0.2) is 4.79 Å². The maximum atomic E-state index is 11.3. The molecule has 1 unspecified atom stereocenters. The molecule has 0 aliphatic rings. The third-order valence-corrected chi connectivity index (χ3v) is 3.60. The highest BCUT2D eigenvalue weighted by molar-refractivity contribution is 7.10. The minimum absolute atomic E-state index is 0.0668. The number of non-ortho nitro benzene ring substituents is 1. The quantitative estimate of drug-likeness (QED) is 0.652. The molecule has 0 radical (unpaired) electrons. The van der Waals surface area contributed by atoms with Crippen molar-refractivity contribution in [3.8, 4) is 0 Å². The number of carbonyl (C=O) groups is 1. The highest BCUT2D eigenvalue weighted by Crippen LogP contribution is 2.27. The van der Waals surface area contributed by atoms with E-state index in [1.54, 1.807) is 30.5 Å². The number of nitro benzene ring substituents is 1. The van der Waals surface area contributed by atoms with Crippen molar-refractivity contribution in [1.82, 2.24) is 0 Å². The Morgan fingerprint density at radius 3 is 2.75 bits per heavy atom. The highest BCUT2D eigenvalue weighted by atomic mass is 32.1. The van der Waals surface area contributed by atoms with Gasteiger partial charge in [0, 0.05) is 22.7 Å². The maximum Gasteiger partial charge on any atom is 0.331 e. The summed E-state index contributed by atoms with van der Waals surface area (Å²) in [5, 5.41) is 24.7. The average Bonchev–Trinajstić information content (AvgIpc) is 2.88. The van der Waals surface area contributed by atoms with Crippen LogP contribution < -0.4 is 5.32 Å². The minimum Gasteiger partial charge on any atom is -0.479 e. The van der Waals surface area contributed by atoms with E-state index in [0.717, 1.165) is 0 Å². The molecule has 0 saturated heterocycles. The molecule has 104 valence electrons. The molecule has 6 nitrogen and oxygen atoms in total. The first-order valence-corrected chi connectivity index (χ1v) is 6.64. The molecule has 7 heteroatoms. The number of hydrogen-bond donors (Lipinski definition) is 2. The van der Waals surface area contributed by atoms with Crippen LogP contribution in [0.4, 0.5) is 11.4 Å². The van der Waals surface area contributed by atoms with Crippen LogP contribution in [0.1, 0.15) is 16.5 Å². The van der Waals surface area contributed by atoms with Crippen LogP contribution in [0.15, 0.2) is 35.7 Å². The van der Waals surface area contributed by atoms with Gasteiger partial charge in [0.1, 0.15) is 0 Å². The fraction of sp³-hybridized carbons (Fsp3) is 0.154. The Hall–Kier alpha value is -2.41. The highest BCUT2D eigenvalue weighted by Gasteiger charge is 2.21. The Balaban J connectivity index is 2.32. The van der Waals surface area contributed by atoms with Crippen molar-refractivity contribution in [3.05, 3.63) is 56.3 Å². The van der Waals surface area contributed by atoms with E-state index in [1.807, 2.05) is 0 Å². The number of nitrogens with one attached hydrogen (secondary N) is 1. The SMILES string of the molecule is Cc1cc(NC(C(=O)O)c2cccs2)cc([N+](=O)[O-])c1. The summed E-state index contributed by atoms with van der Waals surface area (Å²) in [6, 6.07) is 6.99. The zero-order valence-corrected chi connectivity index (χ0v) is 11.4. The van der Waals surface area contributed by atoms with Gasteiger partial charge in [-0.15, -0.1) is 11.3 Å². The summed E-state index contributed by atoms with van der Waals surface area (Å²) in [6.45, 7) is 1.72. The zero-order chi connectivity index (χ0) is 14.7. The number of nitrogens with zero attached hydrogens (tertiary/aromatic N) is 1. The topological polar surface area (TPSA) is 92.5 Å².